The Morgan fingerprint density at radius 1 is 1.22 bits per heavy atom. The van der Waals surface area contributed by atoms with Crippen molar-refractivity contribution in [2.75, 3.05) is 12.4 Å². The first-order valence-corrected chi connectivity index (χ1v) is 9.59. The maximum Gasteiger partial charge on any atom is 0.413 e. The summed E-state index contributed by atoms with van der Waals surface area (Å²) < 4.78 is 12.5. The monoisotopic (exact) mass is 440 g/mol. The molecule has 0 aliphatic rings. The summed E-state index contributed by atoms with van der Waals surface area (Å²) in [5, 5.41) is 19.8. The van der Waals surface area contributed by atoms with E-state index >= 15 is 0 Å². The predicted octanol–water partition coefficient (Wildman–Crippen LogP) is 3.22. The average Bonchev–Trinajstić information content (AvgIpc) is 3.09. The lowest BCUT2D eigenvalue weighted by molar-refractivity contribution is 0.0635. The summed E-state index contributed by atoms with van der Waals surface area (Å²) in [5.74, 6) is 5.58. The van der Waals surface area contributed by atoms with Crippen molar-refractivity contribution in [2.24, 2.45) is 21.2 Å². The zero-order valence-electron chi connectivity index (χ0n) is 18.1. The van der Waals surface area contributed by atoms with Gasteiger partial charge >= 0.3 is 12.1 Å². The number of aliphatic imine (C=N–C) groups is 1. The number of carbonyl (C=O) groups is 1. The number of anilines is 1. The minimum atomic E-state index is -0.630. The first-order chi connectivity index (χ1) is 15.2. The molecule has 0 atom stereocenters. The smallest absolute Gasteiger partial charge is 0.413 e. The topological polar surface area (TPSA) is 162 Å². The maximum atomic E-state index is 12.0. The van der Waals surface area contributed by atoms with Crippen molar-refractivity contribution >= 4 is 28.9 Å². The van der Waals surface area contributed by atoms with Gasteiger partial charge in [-0.2, -0.15) is 4.98 Å². The largest absolute Gasteiger partial charge is 0.506 e. The Morgan fingerprint density at radius 2 is 1.97 bits per heavy atom. The highest BCUT2D eigenvalue weighted by molar-refractivity contribution is 5.95. The number of phenolic OH excluding ortho intramolecular Hbond substituents is 1. The Labute approximate surface area is 183 Å². The molecule has 0 saturated heterocycles. The number of phenols is 1. The standard InChI is InChI=1S/C20H24N8O4/c1-20(2,3)32-19(30)24-15-10-5-7-12(23-15)11-31-18-25-16-13(8-6-9-14(16)29)28(18)17(22-4)26-27-21/h5-10,29H,11H2,1-4H3,(H2,21,22,26)(H,23,24,30). The molecule has 2 heterocycles. The van der Waals surface area contributed by atoms with Crippen LogP contribution in [0.3, 0.4) is 0 Å². The van der Waals surface area contributed by atoms with Gasteiger partial charge < -0.3 is 20.4 Å². The van der Waals surface area contributed by atoms with E-state index in [1.54, 1.807) is 51.1 Å². The van der Waals surface area contributed by atoms with Crippen molar-refractivity contribution in [2.45, 2.75) is 33.0 Å². The fourth-order valence-corrected chi connectivity index (χ4v) is 2.77. The van der Waals surface area contributed by atoms with Gasteiger partial charge in [-0.15, -0.1) is 0 Å². The third-order valence-electron chi connectivity index (χ3n) is 3.97. The molecule has 0 bridgehead atoms. The molecule has 2 aromatic heterocycles. The highest BCUT2D eigenvalue weighted by Gasteiger charge is 2.20. The van der Waals surface area contributed by atoms with E-state index in [0.29, 0.717) is 22.5 Å². The number of aromatic nitrogens is 3. The van der Waals surface area contributed by atoms with Crippen LogP contribution in [0.15, 0.2) is 51.7 Å². The quantitative estimate of drug-likeness (QED) is 0.184. The molecule has 0 aliphatic heterocycles. The molecule has 4 N–H and O–H groups in total. The SMILES string of the molecule is CN=C(N=NN)n1c(OCc2cccc(NC(=O)OC(C)(C)C)n2)nc2c(O)cccc21. The Kier molecular flexibility index (Phi) is 6.52. The summed E-state index contributed by atoms with van der Waals surface area (Å²) in [6.45, 7) is 5.31. The van der Waals surface area contributed by atoms with Crippen LogP contribution < -0.4 is 15.9 Å². The number of carbonyl (C=O) groups excluding carboxylic acids is 1. The van der Waals surface area contributed by atoms with E-state index in [1.165, 1.54) is 17.7 Å². The second-order valence-electron chi connectivity index (χ2n) is 7.54. The van der Waals surface area contributed by atoms with Gasteiger partial charge in [0.1, 0.15) is 29.3 Å². The van der Waals surface area contributed by atoms with Crippen molar-refractivity contribution in [1.82, 2.24) is 14.5 Å². The van der Waals surface area contributed by atoms with Gasteiger partial charge in [0.05, 0.1) is 11.2 Å². The molecule has 0 saturated carbocycles. The van der Waals surface area contributed by atoms with Crippen molar-refractivity contribution < 1.29 is 19.4 Å². The Morgan fingerprint density at radius 3 is 2.66 bits per heavy atom. The summed E-state index contributed by atoms with van der Waals surface area (Å²) in [6.07, 6.45) is -0.615. The van der Waals surface area contributed by atoms with Crippen LogP contribution in [0.4, 0.5) is 10.6 Å². The normalized spacial score (nSPS) is 12.3. The summed E-state index contributed by atoms with van der Waals surface area (Å²) in [7, 11) is 1.51. The number of para-hydroxylation sites is 1. The average molecular weight is 440 g/mol. The van der Waals surface area contributed by atoms with Gasteiger partial charge in [-0.1, -0.05) is 22.5 Å². The lowest BCUT2D eigenvalue weighted by atomic mass is 10.2. The Hall–Kier alpha value is -4.22. The number of nitrogens with zero attached hydrogens (tertiary/aromatic N) is 6. The fourth-order valence-electron chi connectivity index (χ4n) is 2.77. The van der Waals surface area contributed by atoms with E-state index in [9.17, 15) is 9.90 Å². The number of aromatic hydroxyl groups is 1. The number of imidazole rings is 1. The number of pyridine rings is 1. The van der Waals surface area contributed by atoms with Crippen molar-refractivity contribution in [3.63, 3.8) is 0 Å². The number of nitrogens with two attached hydrogens (primary N) is 1. The van der Waals surface area contributed by atoms with Crippen LogP contribution >= 0.6 is 0 Å². The van der Waals surface area contributed by atoms with E-state index in [2.05, 4.69) is 30.6 Å². The third-order valence-corrected chi connectivity index (χ3v) is 3.97. The van der Waals surface area contributed by atoms with Crippen LogP contribution in [0.5, 0.6) is 11.8 Å². The van der Waals surface area contributed by atoms with E-state index < -0.39 is 11.7 Å². The molecular weight excluding hydrogens is 416 g/mol. The Bertz CT molecular complexity index is 1180. The molecule has 168 valence electrons. The number of hydrogen-bond donors (Lipinski definition) is 3. The number of ether oxygens (including phenoxy) is 2. The van der Waals surface area contributed by atoms with Gasteiger partial charge in [0, 0.05) is 7.05 Å². The lowest BCUT2D eigenvalue weighted by Crippen LogP contribution is -2.27. The zero-order chi connectivity index (χ0) is 23.3. The third kappa shape index (κ3) is 5.28. The number of hydrogen-bond acceptors (Lipinski definition) is 8. The first kappa shape index (κ1) is 22.5. The number of nitrogens with one attached hydrogen (secondary N) is 1. The number of rotatable bonds is 4. The molecule has 0 aliphatic carbocycles. The molecule has 32 heavy (non-hydrogen) atoms. The van der Waals surface area contributed by atoms with Crippen molar-refractivity contribution in [1.29, 1.82) is 0 Å². The maximum absolute atomic E-state index is 12.0. The lowest BCUT2D eigenvalue weighted by Gasteiger charge is -2.19. The van der Waals surface area contributed by atoms with Crippen LogP contribution in [0.25, 0.3) is 11.0 Å². The van der Waals surface area contributed by atoms with Gasteiger partial charge in [0.25, 0.3) is 5.96 Å². The molecule has 12 nitrogen and oxygen atoms in total. The molecule has 1 aromatic carbocycles. The van der Waals surface area contributed by atoms with Gasteiger partial charge in [0.2, 0.25) is 0 Å². The highest BCUT2D eigenvalue weighted by Crippen LogP contribution is 2.29. The molecular formula is C20H24N8O4. The Balaban J connectivity index is 1.85. The van der Waals surface area contributed by atoms with E-state index in [-0.39, 0.29) is 24.3 Å². The van der Waals surface area contributed by atoms with Crippen LogP contribution in [0, 0.1) is 0 Å². The summed E-state index contributed by atoms with van der Waals surface area (Å²) >= 11 is 0. The molecule has 0 radical (unpaired) electrons. The first-order valence-electron chi connectivity index (χ1n) is 9.59. The molecule has 0 fully saturated rings. The minimum absolute atomic E-state index is 0.00465. The van der Waals surface area contributed by atoms with Gasteiger partial charge in [-0.05, 0) is 45.0 Å². The fraction of sp³-hybridized carbons (Fsp3) is 0.300. The van der Waals surface area contributed by atoms with Crippen molar-refractivity contribution in [3.8, 4) is 11.8 Å². The zero-order valence-corrected chi connectivity index (χ0v) is 18.1. The molecule has 3 aromatic rings. The highest BCUT2D eigenvalue weighted by atomic mass is 16.6. The second kappa shape index (κ2) is 9.29. The van der Waals surface area contributed by atoms with Gasteiger partial charge in [-0.25, -0.2) is 14.3 Å². The van der Waals surface area contributed by atoms with Gasteiger partial charge in [0.15, 0.2) is 0 Å². The van der Waals surface area contributed by atoms with E-state index in [4.69, 9.17) is 15.3 Å². The van der Waals surface area contributed by atoms with Crippen LogP contribution in [0.2, 0.25) is 0 Å². The van der Waals surface area contributed by atoms with Gasteiger partial charge in [-0.3, -0.25) is 10.3 Å². The number of benzene rings is 1. The number of fused-ring (bicyclic) bond motifs is 1. The molecule has 1 amide bonds. The predicted molar refractivity (Wildman–Crippen MR) is 118 cm³/mol. The minimum Gasteiger partial charge on any atom is -0.506 e. The van der Waals surface area contributed by atoms with E-state index in [0.717, 1.165) is 0 Å². The second-order valence-corrected chi connectivity index (χ2v) is 7.54. The summed E-state index contributed by atoms with van der Waals surface area (Å²) in [5.41, 5.74) is 0.678. The molecule has 0 unspecified atom stereocenters. The van der Waals surface area contributed by atoms with Crippen LogP contribution in [-0.2, 0) is 11.3 Å². The molecule has 3 rings (SSSR count). The molecule has 12 heteroatoms. The van der Waals surface area contributed by atoms with E-state index in [1.807, 2.05) is 0 Å². The summed E-state index contributed by atoms with van der Waals surface area (Å²) in [4.78, 5) is 24.7. The van der Waals surface area contributed by atoms with Crippen molar-refractivity contribution in [3.05, 3.63) is 42.1 Å². The van der Waals surface area contributed by atoms with Crippen LogP contribution in [-0.4, -0.2) is 44.3 Å². The van der Waals surface area contributed by atoms with Crippen LogP contribution in [0.1, 0.15) is 26.5 Å². The summed E-state index contributed by atoms with van der Waals surface area (Å²) in [6, 6.07) is 10.0. The molecule has 0 spiro atoms. The number of amides is 1.